The lowest BCUT2D eigenvalue weighted by atomic mass is 10.1. The third-order valence-corrected chi connectivity index (χ3v) is 3.48. The SMILES string of the molecule is CC(C)(C)Sc1cc(C(=O)O)cc2cccnc12. The van der Waals surface area contributed by atoms with Gasteiger partial charge in [-0.25, -0.2) is 4.79 Å². The third kappa shape index (κ3) is 2.82. The van der Waals surface area contributed by atoms with E-state index in [-0.39, 0.29) is 4.75 Å². The Bertz CT molecular complexity index is 602. The third-order valence-electron chi connectivity index (χ3n) is 2.33. The topological polar surface area (TPSA) is 50.2 Å². The quantitative estimate of drug-likeness (QED) is 0.835. The van der Waals surface area contributed by atoms with Gasteiger partial charge in [-0.05, 0) is 18.2 Å². The molecule has 2 rings (SSSR count). The zero-order valence-electron chi connectivity index (χ0n) is 10.6. The van der Waals surface area contributed by atoms with E-state index in [0.29, 0.717) is 5.56 Å². The van der Waals surface area contributed by atoms with Gasteiger partial charge >= 0.3 is 5.97 Å². The summed E-state index contributed by atoms with van der Waals surface area (Å²) in [5, 5.41) is 10.0. The fourth-order valence-electron chi connectivity index (χ4n) is 1.69. The number of carboxylic acids is 1. The van der Waals surface area contributed by atoms with E-state index in [2.05, 4.69) is 25.8 Å². The number of aromatic nitrogens is 1. The number of hydrogen-bond acceptors (Lipinski definition) is 3. The van der Waals surface area contributed by atoms with Crippen LogP contribution in [0.4, 0.5) is 0 Å². The average molecular weight is 261 g/mol. The maximum Gasteiger partial charge on any atom is 0.335 e. The van der Waals surface area contributed by atoms with Crippen molar-refractivity contribution in [3.05, 3.63) is 36.0 Å². The maximum absolute atomic E-state index is 11.1. The Kier molecular flexibility index (Phi) is 3.30. The Hall–Kier alpha value is -1.55. The van der Waals surface area contributed by atoms with Crippen molar-refractivity contribution in [3.8, 4) is 0 Å². The van der Waals surface area contributed by atoms with Gasteiger partial charge in [-0.3, -0.25) is 4.98 Å². The maximum atomic E-state index is 11.1. The Morgan fingerprint density at radius 3 is 2.67 bits per heavy atom. The number of pyridine rings is 1. The van der Waals surface area contributed by atoms with Crippen LogP contribution < -0.4 is 0 Å². The Labute approximate surface area is 110 Å². The average Bonchev–Trinajstić information content (AvgIpc) is 2.26. The Balaban J connectivity index is 2.64. The van der Waals surface area contributed by atoms with Gasteiger partial charge in [0.1, 0.15) is 0 Å². The molecule has 0 amide bonds. The van der Waals surface area contributed by atoms with Crippen LogP contribution in [0.15, 0.2) is 35.4 Å². The normalized spacial score (nSPS) is 11.7. The lowest BCUT2D eigenvalue weighted by molar-refractivity contribution is 0.0697. The smallest absolute Gasteiger partial charge is 0.335 e. The summed E-state index contributed by atoms with van der Waals surface area (Å²) in [7, 11) is 0. The van der Waals surface area contributed by atoms with Crippen LogP contribution in [0.3, 0.4) is 0 Å². The van der Waals surface area contributed by atoms with Crippen molar-refractivity contribution in [3.63, 3.8) is 0 Å². The molecule has 1 heterocycles. The molecule has 94 valence electrons. The number of carbonyl (C=O) groups is 1. The zero-order chi connectivity index (χ0) is 13.3. The van der Waals surface area contributed by atoms with Gasteiger partial charge < -0.3 is 5.11 Å². The monoisotopic (exact) mass is 261 g/mol. The number of nitrogens with zero attached hydrogens (tertiary/aromatic N) is 1. The van der Waals surface area contributed by atoms with E-state index in [9.17, 15) is 4.79 Å². The fourth-order valence-corrected chi connectivity index (χ4v) is 2.80. The molecule has 0 fully saturated rings. The highest BCUT2D eigenvalue weighted by Gasteiger charge is 2.17. The molecule has 0 aliphatic carbocycles. The standard InChI is InChI=1S/C14H15NO2S/c1-14(2,3)18-11-8-10(13(16)17)7-9-5-4-6-15-12(9)11/h4-8H,1-3H3,(H,16,17). The molecule has 0 aliphatic heterocycles. The van der Waals surface area contributed by atoms with Gasteiger partial charge in [0.15, 0.2) is 0 Å². The first-order valence-electron chi connectivity index (χ1n) is 5.68. The lowest BCUT2D eigenvalue weighted by Crippen LogP contribution is -2.07. The van der Waals surface area contributed by atoms with Crippen LogP contribution in [-0.4, -0.2) is 20.8 Å². The first-order chi connectivity index (χ1) is 8.37. The summed E-state index contributed by atoms with van der Waals surface area (Å²) < 4.78 is 0.0155. The molecular weight excluding hydrogens is 246 g/mol. The predicted octanol–water partition coefficient (Wildman–Crippen LogP) is 3.82. The highest BCUT2D eigenvalue weighted by atomic mass is 32.2. The molecule has 0 spiro atoms. The molecule has 1 aromatic heterocycles. The van der Waals surface area contributed by atoms with Gasteiger partial charge in [-0.1, -0.05) is 26.8 Å². The molecule has 0 saturated heterocycles. The summed E-state index contributed by atoms with van der Waals surface area (Å²) in [6.45, 7) is 6.29. The van der Waals surface area contributed by atoms with Crippen molar-refractivity contribution >= 4 is 28.6 Å². The first kappa shape index (κ1) is 12.9. The van der Waals surface area contributed by atoms with Crippen molar-refractivity contribution in [1.82, 2.24) is 4.98 Å². The summed E-state index contributed by atoms with van der Waals surface area (Å²) in [6.07, 6.45) is 1.73. The van der Waals surface area contributed by atoms with Crippen LogP contribution in [0.25, 0.3) is 10.9 Å². The van der Waals surface area contributed by atoms with E-state index < -0.39 is 5.97 Å². The Morgan fingerprint density at radius 1 is 1.33 bits per heavy atom. The number of rotatable bonds is 2. The second kappa shape index (κ2) is 4.61. The summed E-state index contributed by atoms with van der Waals surface area (Å²) in [4.78, 5) is 16.4. The van der Waals surface area contributed by atoms with E-state index in [0.717, 1.165) is 15.8 Å². The van der Waals surface area contributed by atoms with Gasteiger partial charge in [-0.15, -0.1) is 11.8 Å². The largest absolute Gasteiger partial charge is 0.478 e. The van der Waals surface area contributed by atoms with Crippen LogP contribution in [0.1, 0.15) is 31.1 Å². The second-order valence-corrected chi connectivity index (χ2v) is 6.94. The highest BCUT2D eigenvalue weighted by molar-refractivity contribution is 8.00. The molecule has 0 unspecified atom stereocenters. The van der Waals surface area contributed by atoms with Gasteiger partial charge in [0.05, 0.1) is 11.1 Å². The molecule has 0 atom stereocenters. The number of fused-ring (bicyclic) bond motifs is 1. The fraction of sp³-hybridized carbons (Fsp3) is 0.286. The molecule has 18 heavy (non-hydrogen) atoms. The molecule has 0 saturated carbocycles. The molecule has 3 nitrogen and oxygen atoms in total. The lowest BCUT2D eigenvalue weighted by Gasteiger charge is -2.18. The molecule has 4 heteroatoms. The van der Waals surface area contributed by atoms with Crippen LogP contribution in [0, 0.1) is 0 Å². The van der Waals surface area contributed by atoms with Crippen molar-refractivity contribution < 1.29 is 9.90 Å². The summed E-state index contributed by atoms with van der Waals surface area (Å²) in [5.41, 5.74) is 1.17. The second-order valence-electron chi connectivity index (χ2n) is 5.07. The summed E-state index contributed by atoms with van der Waals surface area (Å²) in [5.74, 6) is -0.906. The van der Waals surface area contributed by atoms with Gasteiger partial charge in [0.25, 0.3) is 0 Å². The minimum absolute atomic E-state index is 0.0155. The van der Waals surface area contributed by atoms with E-state index in [1.807, 2.05) is 12.1 Å². The number of benzene rings is 1. The van der Waals surface area contributed by atoms with Crippen LogP contribution in [0.2, 0.25) is 0 Å². The number of thioether (sulfide) groups is 1. The predicted molar refractivity (Wildman–Crippen MR) is 74.3 cm³/mol. The van der Waals surface area contributed by atoms with E-state index in [4.69, 9.17) is 5.11 Å². The number of aromatic carboxylic acids is 1. The van der Waals surface area contributed by atoms with Crippen molar-refractivity contribution in [2.24, 2.45) is 0 Å². The minimum Gasteiger partial charge on any atom is -0.478 e. The van der Waals surface area contributed by atoms with Crippen LogP contribution in [0.5, 0.6) is 0 Å². The Morgan fingerprint density at radius 2 is 2.06 bits per heavy atom. The van der Waals surface area contributed by atoms with Crippen molar-refractivity contribution in [2.45, 2.75) is 30.4 Å². The summed E-state index contributed by atoms with van der Waals surface area (Å²) >= 11 is 1.64. The first-order valence-corrected chi connectivity index (χ1v) is 6.49. The van der Waals surface area contributed by atoms with Gasteiger partial charge in [0.2, 0.25) is 0 Å². The van der Waals surface area contributed by atoms with Gasteiger partial charge in [0, 0.05) is 21.2 Å². The van der Waals surface area contributed by atoms with Crippen LogP contribution >= 0.6 is 11.8 Å². The van der Waals surface area contributed by atoms with E-state index >= 15 is 0 Å². The molecule has 1 N–H and O–H groups in total. The minimum atomic E-state index is -0.906. The van der Waals surface area contributed by atoms with Crippen molar-refractivity contribution in [1.29, 1.82) is 0 Å². The molecule has 1 aromatic carbocycles. The number of hydrogen-bond donors (Lipinski definition) is 1. The van der Waals surface area contributed by atoms with E-state index in [1.54, 1.807) is 30.1 Å². The molecule has 2 aromatic rings. The zero-order valence-corrected chi connectivity index (χ0v) is 11.4. The molecule has 0 radical (unpaired) electrons. The highest BCUT2D eigenvalue weighted by Crippen LogP contribution is 2.36. The van der Waals surface area contributed by atoms with Gasteiger partial charge in [-0.2, -0.15) is 0 Å². The molecule has 0 bridgehead atoms. The number of carboxylic acid groups (broad SMARTS) is 1. The summed E-state index contributed by atoms with van der Waals surface area (Å²) in [6, 6.07) is 7.08. The molecular formula is C14H15NO2S. The van der Waals surface area contributed by atoms with Crippen LogP contribution in [-0.2, 0) is 0 Å². The van der Waals surface area contributed by atoms with E-state index in [1.165, 1.54) is 0 Å². The van der Waals surface area contributed by atoms with Crippen molar-refractivity contribution in [2.75, 3.05) is 0 Å². The molecule has 0 aliphatic rings.